The Morgan fingerprint density at radius 3 is 2.88 bits per heavy atom. The smallest absolute Gasteiger partial charge is 0.387 e. The summed E-state index contributed by atoms with van der Waals surface area (Å²) < 4.78 is 34.9. The fourth-order valence-electron chi connectivity index (χ4n) is 2.31. The second-order valence-electron chi connectivity index (χ2n) is 5.07. The van der Waals surface area contributed by atoms with E-state index in [-0.39, 0.29) is 42.4 Å². The summed E-state index contributed by atoms with van der Waals surface area (Å²) in [6, 6.07) is 4.51. The predicted molar refractivity (Wildman–Crippen MR) is 101 cm³/mol. The monoisotopic (exact) mass is 475 g/mol. The van der Waals surface area contributed by atoms with Gasteiger partial charge in [-0.1, -0.05) is 11.6 Å². The summed E-state index contributed by atoms with van der Waals surface area (Å²) in [5.41, 5.74) is 0.526. The summed E-state index contributed by atoms with van der Waals surface area (Å²) in [5.74, 6) is 0.648. The summed E-state index contributed by atoms with van der Waals surface area (Å²) in [5, 5.41) is 6.65. The standard InChI is InChI=1S/C15H20ClF2N3O2.HI/c1-19-15(21-9-12-3-2-6-22-12)20-8-10-7-11(16)4-5-13(10)23-14(17)18;/h4-5,7,12,14H,2-3,6,8-9H2,1H3,(H2,19,20,21);1H. The van der Waals surface area contributed by atoms with Gasteiger partial charge < -0.3 is 20.1 Å². The molecule has 9 heteroatoms. The van der Waals surface area contributed by atoms with Crippen LogP contribution in [0.15, 0.2) is 23.2 Å². The molecule has 2 N–H and O–H groups in total. The molecule has 0 amide bonds. The number of hydrogen-bond acceptors (Lipinski definition) is 3. The van der Waals surface area contributed by atoms with Crippen molar-refractivity contribution in [2.45, 2.75) is 32.1 Å². The normalized spacial score (nSPS) is 17.5. The van der Waals surface area contributed by atoms with E-state index in [1.807, 2.05) is 0 Å². The molecule has 0 aliphatic carbocycles. The minimum Gasteiger partial charge on any atom is -0.434 e. The molecular formula is C15H21ClF2IN3O2. The molecule has 0 bridgehead atoms. The predicted octanol–water partition coefficient (Wildman–Crippen LogP) is 3.40. The first kappa shape index (κ1) is 21.2. The van der Waals surface area contributed by atoms with Gasteiger partial charge in [-0.3, -0.25) is 4.99 Å². The fourth-order valence-corrected chi connectivity index (χ4v) is 2.51. The summed E-state index contributed by atoms with van der Waals surface area (Å²) in [4.78, 5) is 4.09. The molecule has 0 spiro atoms. The molecule has 1 heterocycles. The van der Waals surface area contributed by atoms with Gasteiger partial charge in [0, 0.05) is 37.3 Å². The Labute approximate surface area is 162 Å². The van der Waals surface area contributed by atoms with E-state index in [9.17, 15) is 8.78 Å². The Morgan fingerprint density at radius 1 is 1.46 bits per heavy atom. The van der Waals surface area contributed by atoms with Crippen LogP contribution in [0.25, 0.3) is 0 Å². The lowest BCUT2D eigenvalue weighted by Gasteiger charge is -2.16. The van der Waals surface area contributed by atoms with Gasteiger partial charge in [-0.05, 0) is 31.0 Å². The average Bonchev–Trinajstić information content (AvgIpc) is 3.03. The minimum atomic E-state index is -2.88. The highest BCUT2D eigenvalue weighted by Gasteiger charge is 2.16. The first-order valence-corrected chi connectivity index (χ1v) is 7.75. The van der Waals surface area contributed by atoms with Crippen molar-refractivity contribution in [1.29, 1.82) is 0 Å². The van der Waals surface area contributed by atoms with Crippen molar-refractivity contribution in [3.05, 3.63) is 28.8 Å². The van der Waals surface area contributed by atoms with Crippen molar-refractivity contribution in [2.75, 3.05) is 20.2 Å². The lowest BCUT2D eigenvalue weighted by Crippen LogP contribution is -2.40. The van der Waals surface area contributed by atoms with Crippen LogP contribution in [-0.2, 0) is 11.3 Å². The van der Waals surface area contributed by atoms with E-state index in [0.717, 1.165) is 19.4 Å². The third-order valence-electron chi connectivity index (χ3n) is 3.43. The minimum absolute atomic E-state index is 0. The van der Waals surface area contributed by atoms with Crippen molar-refractivity contribution >= 4 is 41.5 Å². The maximum absolute atomic E-state index is 12.4. The number of nitrogens with zero attached hydrogens (tertiary/aromatic N) is 1. The van der Waals surface area contributed by atoms with Gasteiger partial charge in [0.2, 0.25) is 0 Å². The van der Waals surface area contributed by atoms with Crippen LogP contribution in [-0.4, -0.2) is 38.9 Å². The SMILES string of the molecule is CN=C(NCc1cc(Cl)ccc1OC(F)F)NCC1CCCO1.I. The molecule has 1 aliphatic heterocycles. The van der Waals surface area contributed by atoms with Gasteiger partial charge in [0.05, 0.1) is 6.10 Å². The van der Waals surface area contributed by atoms with E-state index in [2.05, 4.69) is 20.4 Å². The van der Waals surface area contributed by atoms with Crippen LogP contribution in [0, 0.1) is 0 Å². The highest BCUT2D eigenvalue weighted by atomic mass is 127. The number of hydrogen-bond donors (Lipinski definition) is 2. The van der Waals surface area contributed by atoms with Crippen molar-refractivity contribution in [3.8, 4) is 5.75 Å². The third kappa shape index (κ3) is 6.94. The van der Waals surface area contributed by atoms with Crippen LogP contribution in [0.3, 0.4) is 0 Å². The van der Waals surface area contributed by atoms with Crippen LogP contribution in [0.5, 0.6) is 5.75 Å². The summed E-state index contributed by atoms with van der Waals surface area (Å²) in [7, 11) is 1.64. The maximum atomic E-state index is 12.4. The van der Waals surface area contributed by atoms with Crippen LogP contribution in [0.2, 0.25) is 5.02 Å². The first-order valence-electron chi connectivity index (χ1n) is 7.38. The Morgan fingerprint density at radius 2 is 2.25 bits per heavy atom. The number of nitrogens with one attached hydrogen (secondary N) is 2. The zero-order chi connectivity index (χ0) is 16.7. The molecular weight excluding hydrogens is 455 g/mol. The van der Waals surface area contributed by atoms with Crippen LogP contribution >= 0.6 is 35.6 Å². The Hall–Kier alpha value is -0.870. The van der Waals surface area contributed by atoms with Gasteiger partial charge >= 0.3 is 6.61 Å². The molecule has 136 valence electrons. The average molecular weight is 476 g/mol. The van der Waals surface area contributed by atoms with Gasteiger partial charge in [0.15, 0.2) is 5.96 Å². The van der Waals surface area contributed by atoms with E-state index < -0.39 is 6.61 Å². The molecule has 1 aliphatic rings. The largest absolute Gasteiger partial charge is 0.434 e. The summed E-state index contributed by atoms with van der Waals surface area (Å²) in [6.45, 7) is -1.19. The van der Waals surface area contributed by atoms with E-state index in [4.69, 9.17) is 16.3 Å². The molecule has 2 rings (SSSR count). The van der Waals surface area contributed by atoms with Crippen molar-refractivity contribution < 1.29 is 18.3 Å². The number of rotatable bonds is 6. The number of guanidine groups is 1. The molecule has 1 atom stereocenters. The number of halogens is 4. The summed E-state index contributed by atoms with van der Waals surface area (Å²) >= 11 is 5.92. The lowest BCUT2D eigenvalue weighted by atomic mass is 10.2. The van der Waals surface area contributed by atoms with E-state index in [0.29, 0.717) is 23.1 Å². The second-order valence-corrected chi connectivity index (χ2v) is 5.51. The number of aliphatic imine (C=N–C) groups is 1. The van der Waals surface area contributed by atoms with Gasteiger partial charge in [0.25, 0.3) is 0 Å². The quantitative estimate of drug-likeness (QED) is 0.376. The molecule has 0 saturated carbocycles. The van der Waals surface area contributed by atoms with E-state index >= 15 is 0 Å². The molecule has 1 fully saturated rings. The van der Waals surface area contributed by atoms with Gasteiger partial charge in [-0.2, -0.15) is 8.78 Å². The molecule has 1 aromatic carbocycles. The molecule has 1 aromatic rings. The lowest BCUT2D eigenvalue weighted by molar-refractivity contribution is -0.0504. The molecule has 0 aromatic heterocycles. The molecule has 5 nitrogen and oxygen atoms in total. The number of ether oxygens (including phenoxy) is 2. The highest BCUT2D eigenvalue weighted by Crippen LogP contribution is 2.24. The molecule has 1 saturated heterocycles. The Kier molecular flexibility index (Phi) is 9.60. The third-order valence-corrected chi connectivity index (χ3v) is 3.66. The second kappa shape index (κ2) is 10.9. The summed E-state index contributed by atoms with van der Waals surface area (Å²) in [6.07, 6.45) is 2.26. The molecule has 0 radical (unpaired) electrons. The van der Waals surface area contributed by atoms with Crippen LogP contribution in [0.4, 0.5) is 8.78 Å². The number of benzene rings is 1. The van der Waals surface area contributed by atoms with Gasteiger partial charge in [-0.15, -0.1) is 24.0 Å². The van der Waals surface area contributed by atoms with Crippen molar-refractivity contribution in [2.24, 2.45) is 4.99 Å². The first-order chi connectivity index (χ1) is 11.1. The maximum Gasteiger partial charge on any atom is 0.387 e. The Bertz CT molecular complexity index is 543. The van der Waals surface area contributed by atoms with E-state index in [1.165, 1.54) is 12.1 Å². The van der Waals surface area contributed by atoms with Crippen molar-refractivity contribution in [1.82, 2.24) is 10.6 Å². The topological polar surface area (TPSA) is 54.9 Å². The Balaban J connectivity index is 0.00000288. The molecule has 24 heavy (non-hydrogen) atoms. The van der Waals surface area contributed by atoms with Crippen molar-refractivity contribution in [3.63, 3.8) is 0 Å². The number of alkyl halides is 2. The van der Waals surface area contributed by atoms with Crippen LogP contribution < -0.4 is 15.4 Å². The fraction of sp³-hybridized carbons (Fsp3) is 0.533. The zero-order valence-corrected chi connectivity index (χ0v) is 16.3. The van der Waals surface area contributed by atoms with Gasteiger partial charge in [-0.25, -0.2) is 0 Å². The van der Waals surface area contributed by atoms with Crippen LogP contribution in [0.1, 0.15) is 18.4 Å². The molecule has 1 unspecified atom stereocenters. The van der Waals surface area contributed by atoms with E-state index in [1.54, 1.807) is 13.1 Å². The van der Waals surface area contributed by atoms with Gasteiger partial charge in [0.1, 0.15) is 5.75 Å². The zero-order valence-electron chi connectivity index (χ0n) is 13.2. The highest BCUT2D eigenvalue weighted by molar-refractivity contribution is 14.0.